The fourth-order valence-electron chi connectivity index (χ4n) is 2.53. The highest BCUT2D eigenvalue weighted by Gasteiger charge is 2.13. The lowest BCUT2D eigenvalue weighted by Crippen LogP contribution is -2.32. The largest absolute Gasteiger partial charge is 0.356 e. The van der Waals surface area contributed by atoms with Crippen molar-refractivity contribution in [2.24, 2.45) is 0 Å². The number of pyridine rings is 1. The monoisotopic (exact) mass is 313 g/mol. The lowest BCUT2D eigenvalue weighted by molar-refractivity contribution is 0.625. The molecule has 0 aliphatic carbocycles. The SMILES string of the molecule is CCC(NC(=S)Nc1ncccc1C)c1ccc(C)cc1C. The number of anilines is 1. The van der Waals surface area contributed by atoms with Crippen molar-refractivity contribution >= 4 is 23.1 Å². The second-order valence-corrected chi connectivity index (χ2v) is 6.00. The Labute approximate surface area is 138 Å². The Hall–Kier alpha value is -1.94. The molecule has 1 unspecified atom stereocenters. The second-order valence-electron chi connectivity index (χ2n) is 5.59. The zero-order chi connectivity index (χ0) is 16.1. The first-order valence-electron chi connectivity index (χ1n) is 7.57. The van der Waals surface area contributed by atoms with Crippen molar-refractivity contribution in [3.8, 4) is 0 Å². The van der Waals surface area contributed by atoms with Crippen LogP contribution in [-0.4, -0.2) is 10.1 Å². The van der Waals surface area contributed by atoms with E-state index >= 15 is 0 Å². The number of nitrogens with one attached hydrogen (secondary N) is 2. The van der Waals surface area contributed by atoms with E-state index in [1.54, 1.807) is 6.20 Å². The summed E-state index contributed by atoms with van der Waals surface area (Å²) in [5, 5.41) is 7.19. The molecule has 0 aliphatic heterocycles. The molecule has 0 saturated heterocycles. The molecule has 2 rings (SSSR count). The van der Waals surface area contributed by atoms with Crippen molar-refractivity contribution < 1.29 is 0 Å². The molecule has 0 aliphatic rings. The van der Waals surface area contributed by atoms with Gasteiger partial charge in [0.05, 0.1) is 6.04 Å². The molecule has 0 amide bonds. The van der Waals surface area contributed by atoms with Crippen molar-refractivity contribution in [1.82, 2.24) is 10.3 Å². The molecule has 1 aromatic carbocycles. The first-order chi connectivity index (χ1) is 10.5. The summed E-state index contributed by atoms with van der Waals surface area (Å²) < 4.78 is 0. The standard InChI is InChI=1S/C18H23N3S/c1-5-16(15-9-8-12(2)11-14(15)4)20-18(22)21-17-13(3)7-6-10-19-17/h6-11,16H,5H2,1-4H3,(H2,19,20,21,22). The highest BCUT2D eigenvalue weighted by atomic mass is 32.1. The second kappa shape index (κ2) is 7.36. The molecule has 0 radical (unpaired) electrons. The quantitative estimate of drug-likeness (QED) is 0.818. The van der Waals surface area contributed by atoms with Crippen molar-refractivity contribution in [3.05, 3.63) is 58.8 Å². The van der Waals surface area contributed by atoms with Gasteiger partial charge in [-0.05, 0) is 62.2 Å². The van der Waals surface area contributed by atoms with Crippen LogP contribution >= 0.6 is 12.2 Å². The minimum absolute atomic E-state index is 0.199. The maximum Gasteiger partial charge on any atom is 0.172 e. The average Bonchev–Trinajstić information content (AvgIpc) is 2.48. The van der Waals surface area contributed by atoms with Crippen molar-refractivity contribution in [2.75, 3.05) is 5.32 Å². The summed E-state index contributed by atoms with van der Waals surface area (Å²) in [5.41, 5.74) is 4.93. The third kappa shape index (κ3) is 4.04. The summed E-state index contributed by atoms with van der Waals surface area (Å²) in [6.45, 7) is 8.43. The molecule has 4 heteroatoms. The van der Waals surface area contributed by atoms with Crippen molar-refractivity contribution in [2.45, 2.75) is 40.2 Å². The Morgan fingerprint density at radius 1 is 1.18 bits per heavy atom. The van der Waals surface area contributed by atoms with Gasteiger partial charge < -0.3 is 10.6 Å². The number of rotatable bonds is 4. The number of aryl methyl sites for hydroxylation is 3. The van der Waals surface area contributed by atoms with E-state index in [9.17, 15) is 0 Å². The van der Waals surface area contributed by atoms with E-state index in [1.165, 1.54) is 16.7 Å². The zero-order valence-corrected chi connectivity index (χ0v) is 14.4. The van der Waals surface area contributed by atoms with Crippen LogP contribution in [0.25, 0.3) is 0 Å². The summed E-state index contributed by atoms with van der Waals surface area (Å²) in [5.74, 6) is 0.801. The van der Waals surface area contributed by atoms with Gasteiger partial charge in [-0.2, -0.15) is 0 Å². The predicted octanol–water partition coefficient (Wildman–Crippen LogP) is 4.44. The van der Waals surface area contributed by atoms with Crippen molar-refractivity contribution in [1.29, 1.82) is 0 Å². The Morgan fingerprint density at radius 2 is 1.95 bits per heavy atom. The normalized spacial score (nSPS) is 11.8. The van der Waals surface area contributed by atoms with Crippen LogP contribution in [0, 0.1) is 20.8 Å². The Morgan fingerprint density at radius 3 is 2.59 bits per heavy atom. The molecule has 22 heavy (non-hydrogen) atoms. The summed E-state index contributed by atoms with van der Waals surface area (Å²) >= 11 is 5.45. The lowest BCUT2D eigenvalue weighted by Gasteiger charge is -2.22. The number of hydrogen-bond donors (Lipinski definition) is 2. The van der Waals surface area contributed by atoms with E-state index in [0.29, 0.717) is 5.11 Å². The van der Waals surface area contributed by atoms with Crippen LogP contribution in [0.3, 0.4) is 0 Å². The Kier molecular flexibility index (Phi) is 5.50. The first kappa shape index (κ1) is 16.4. The van der Waals surface area contributed by atoms with E-state index in [4.69, 9.17) is 12.2 Å². The summed E-state index contributed by atoms with van der Waals surface area (Å²) in [6, 6.07) is 10.7. The van der Waals surface area contributed by atoms with Gasteiger partial charge in [-0.3, -0.25) is 0 Å². The van der Waals surface area contributed by atoms with Gasteiger partial charge in [0.25, 0.3) is 0 Å². The molecule has 0 saturated carbocycles. The van der Waals surface area contributed by atoms with Gasteiger partial charge in [0.2, 0.25) is 0 Å². The van der Waals surface area contributed by atoms with Gasteiger partial charge in [-0.1, -0.05) is 36.8 Å². The topological polar surface area (TPSA) is 37.0 Å². The van der Waals surface area contributed by atoms with Gasteiger partial charge in [0, 0.05) is 6.20 Å². The van der Waals surface area contributed by atoms with Crippen LogP contribution in [0.15, 0.2) is 36.5 Å². The summed E-state index contributed by atoms with van der Waals surface area (Å²) in [6.07, 6.45) is 2.73. The van der Waals surface area contributed by atoms with Crippen LogP contribution in [0.4, 0.5) is 5.82 Å². The summed E-state index contributed by atoms with van der Waals surface area (Å²) in [4.78, 5) is 4.31. The molecule has 2 N–H and O–H groups in total. The fraction of sp³-hybridized carbons (Fsp3) is 0.333. The minimum atomic E-state index is 0.199. The zero-order valence-electron chi connectivity index (χ0n) is 13.6. The Bertz CT molecular complexity index is 667. The van der Waals surface area contributed by atoms with Crippen LogP contribution in [0.2, 0.25) is 0 Å². The number of benzene rings is 1. The van der Waals surface area contributed by atoms with Crippen LogP contribution in [-0.2, 0) is 0 Å². The van der Waals surface area contributed by atoms with E-state index < -0.39 is 0 Å². The third-order valence-corrected chi connectivity index (χ3v) is 3.98. The number of thiocarbonyl (C=S) groups is 1. The summed E-state index contributed by atoms with van der Waals surface area (Å²) in [7, 11) is 0. The molecule has 0 bridgehead atoms. The molecule has 1 aromatic heterocycles. The molecule has 0 fully saturated rings. The molecule has 0 spiro atoms. The molecule has 1 atom stereocenters. The van der Waals surface area contributed by atoms with Crippen LogP contribution < -0.4 is 10.6 Å². The van der Waals surface area contributed by atoms with Gasteiger partial charge in [0.1, 0.15) is 5.82 Å². The Balaban J connectivity index is 2.10. The van der Waals surface area contributed by atoms with Crippen LogP contribution in [0.5, 0.6) is 0 Å². The van der Waals surface area contributed by atoms with Gasteiger partial charge >= 0.3 is 0 Å². The lowest BCUT2D eigenvalue weighted by atomic mass is 9.98. The molecule has 3 nitrogen and oxygen atoms in total. The van der Waals surface area contributed by atoms with E-state index in [-0.39, 0.29) is 6.04 Å². The maximum absolute atomic E-state index is 5.45. The molecule has 2 aromatic rings. The van der Waals surface area contributed by atoms with E-state index in [1.807, 2.05) is 19.1 Å². The average molecular weight is 313 g/mol. The number of aromatic nitrogens is 1. The number of nitrogens with zero attached hydrogens (tertiary/aromatic N) is 1. The molecule has 116 valence electrons. The molecular weight excluding hydrogens is 290 g/mol. The highest BCUT2D eigenvalue weighted by molar-refractivity contribution is 7.80. The maximum atomic E-state index is 5.45. The smallest absolute Gasteiger partial charge is 0.172 e. The van der Waals surface area contributed by atoms with Crippen LogP contribution in [0.1, 0.15) is 41.6 Å². The van der Waals surface area contributed by atoms with E-state index in [2.05, 4.69) is 54.6 Å². The van der Waals surface area contributed by atoms with Gasteiger partial charge in [0.15, 0.2) is 5.11 Å². The number of hydrogen-bond acceptors (Lipinski definition) is 2. The van der Waals surface area contributed by atoms with Gasteiger partial charge in [-0.25, -0.2) is 4.98 Å². The fourth-order valence-corrected chi connectivity index (χ4v) is 2.77. The van der Waals surface area contributed by atoms with Crippen molar-refractivity contribution in [3.63, 3.8) is 0 Å². The molecular formula is C18H23N3S. The third-order valence-electron chi connectivity index (χ3n) is 3.76. The minimum Gasteiger partial charge on any atom is -0.356 e. The first-order valence-corrected chi connectivity index (χ1v) is 7.98. The van der Waals surface area contributed by atoms with E-state index in [0.717, 1.165) is 17.8 Å². The highest BCUT2D eigenvalue weighted by Crippen LogP contribution is 2.22. The molecule has 1 heterocycles. The predicted molar refractivity (Wildman–Crippen MR) is 97.3 cm³/mol. The van der Waals surface area contributed by atoms with Gasteiger partial charge in [-0.15, -0.1) is 0 Å².